The maximum atomic E-state index is 10.7. The van der Waals surface area contributed by atoms with Gasteiger partial charge in [0.25, 0.3) is 0 Å². The van der Waals surface area contributed by atoms with Gasteiger partial charge in [0, 0.05) is 11.6 Å². The minimum absolute atomic E-state index is 0.356. The lowest BCUT2D eigenvalue weighted by Crippen LogP contribution is -2.00. The molecule has 0 unspecified atom stereocenters. The van der Waals surface area contributed by atoms with Crippen LogP contribution in [0.15, 0.2) is 23.8 Å². The van der Waals surface area contributed by atoms with E-state index in [0.29, 0.717) is 5.57 Å². The normalized spacial score (nSPS) is 11.7. The molecule has 0 amide bonds. The van der Waals surface area contributed by atoms with Crippen molar-refractivity contribution in [3.05, 3.63) is 23.8 Å². The van der Waals surface area contributed by atoms with E-state index >= 15 is 0 Å². The first-order valence-electron chi connectivity index (χ1n) is 3.24. The molecule has 1 N–H and O–H groups in total. The van der Waals surface area contributed by atoms with Gasteiger partial charge < -0.3 is 9.84 Å². The van der Waals surface area contributed by atoms with Crippen molar-refractivity contribution >= 4 is 11.9 Å². The number of hydrogen-bond acceptors (Lipinski definition) is 3. The Morgan fingerprint density at radius 1 is 1.42 bits per heavy atom. The fraction of sp³-hybridized carbons (Fsp3) is 0.250. The highest BCUT2D eigenvalue weighted by Gasteiger charge is 1.99. The summed E-state index contributed by atoms with van der Waals surface area (Å²) in [6, 6.07) is 0. The molecule has 4 nitrogen and oxygen atoms in total. The molecular weight excluding hydrogens is 160 g/mol. The molecule has 0 saturated carbocycles. The smallest absolute Gasteiger partial charge is 0.333 e. The molecule has 0 fully saturated rings. The molecule has 66 valence electrons. The number of aliphatic carboxylic acids is 1. The van der Waals surface area contributed by atoms with Gasteiger partial charge >= 0.3 is 11.9 Å². The first-order valence-corrected chi connectivity index (χ1v) is 3.24. The first kappa shape index (κ1) is 10.4. The van der Waals surface area contributed by atoms with Crippen LogP contribution < -0.4 is 0 Å². The number of allylic oxidation sites excluding steroid dienone is 2. The average Bonchev–Trinajstić information content (AvgIpc) is 2.02. The van der Waals surface area contributed by atoms with Gasteiger partial charge in [0.1, 0.15) is 0 Å². The van der Waals surface area contributed by atoms with Gasteiger partial charge in [-0.2, -0.15) is 0 Å². The van der Waals surface area contributed by atoms with E-state index in [2.05, 4.69) is 4.74 Å². The van der Waals surface area contributed by atoms with Crippen LogP contribution in [0.1, 0.15) is 6.92 Å². The second kappa shape index (κ2) is 5.12. The van der Waals surface area contributed by atoms with Gasteiger partial charge in [-0.05, 0) is 6.92 Å². The van der Waals surface area contributed by atoms with Gasteiger partial charge in [-0.25, -0.2) is 9.59 Å². The number of carboxylic acid groups (broad SMARTS) is 1. The van der Waals surface area contributed by atoms with Gasteiger partial charge in [-0.15, -0.1) is 0 Å². The molecule has 0 bridgehead atoms. The molecule has 0 aliphatic rings. The van der Waals surface area contributed by atoms with E-state index in [9.17, 15) is 9.59 Å². The van der Waals surface area contributed by atoms with Gasteiger partial charge in [0.2, 0.25) is 0 Å². The zero-order valence-electron chi connectivity index (χ0n) is 6.90. The maximum Gasteiger partial charge on any atom is 0.333 e. The molecule has 4 heteroatoms. The van der Waals surface area contributed by atoms with Crippen LogP contribution in [0.5, 0.6) is 0 Å². The summed E-state index contributed by atoms with van der Waals surface area (Å²) in [5.74, 6) is -1.52. The summed E-state index contributed by atoms with van der Waals surface area (Å²) >= 11 is 0. The molecule has 0 aliphatic carbocycles. The van der Waals surface area contributed by atoms with Crippen molar-refractivity contribution in [2.24, 2.45) is 0 Å². The van der Waals surface area contributed by atoms with Crippen molar-refractivity contribution in [2.45, 2.75) is 6.92 Å². The zero-order chi connectivity index (χ0) is 9.56. The quantitative estimate of drug-likeness (QED) is 0.385. The van der Waals surface area contributed by atoms with E-state index in [0.717, 1.165) is 6.08 Å². The van der Waals surface area contributed by atoms with Crippen molar-refractivity contribution in [1.29, 1.82) is 0 Å². The number of rotatable bonds is 3. The van der Waals surface area contributed by atoms with Crippen LogP contribution in [-0.4, -0.2) is 24.2 Å². The Morgan fingerprint density at radius 3 is 2.42 bits per heavy atom. The van der Waals surface area contributed by atoms with Crippen LogP contribution in [-0.2, 0) is 14.3 Å². The van der Waals surface area contributed by atoms with Gasteiger partial charge in [-0.3, -0.25) is 0 Å². The summed E-state index contributed by atoms with van der Waals surface area (Å²) < 4.78 is 4.38. The van der Waals surface area contributed by atoms with E-state index < -0.39 is 11.9 Å². The van der Waals surface area contributed by atoms with Crippen molar-refractivity contribution in [1.82, 2.24) is 0 Å². The minimum atomic E-state index is -1.05. The molecule has 0 aromatic carbocycles. The summed E-state index contributed by atoms with van der Waals surface area (Å²) in [6.07, 6.45) is 3.58. The number of carboxylic acids is 1. The molecular formula is C8H10O4. The SMILES string of the molecule is COC(=O)/C(C)=C\C=C/C(=O)O. The summed E-state index contributed by atoms with van der Waals surface area (Å²) in [4.78, 5) is 20.7. The van der Waals surface area contributed by atoms with Crippen molar-refractivity contribution < 1.29 is 19.4 Å². The molecule has 0 aliphatic heterocycles. The molecule has 0 aromatic rings. The molecule has 0 heterocycles. The largest absolute Gasteiger partial charge is 0.478 e. The minimum Gasteiger partial charge on any atom is -0.478 e. The van der Waals surface area contributed by atoms with Crippen LogP contribution in [0.25, 0.3) is 0 Å². The summed E-state index contributed by atoms with van der Waals surface area (Å²) in [7, 11) is 1.26. The molecule has 0 atom stereocenters. The predicted molar refractivity (Wildman–Crippen MR) is 42.5 cm³/mol. The zero-order valence-corrected chi connectivity index (χ0v) is 6.90. The molecule has 0 radical (unpaired) electrons. The Balaban J connectivity index is 4.18. The Morgan fingerprint density at radius 2 is 2.00 bits per heavy atom. The average molecular weight is 170 g/mol. The Kier molecular flexibility index (Phi) is 4.45. The predicted octanol–water partition coefficient (Wildman–Crippen LogP) is 0.746. The standard InChI is InChI=1S/C8H10O4/c1-6(8(11)12-2)4-3-5-7(9)10/h3-5H,1-2H3,(H,9,10)/b5-3-,6-4-. The summed E-state index contributed by atoms with van der Waals surface area (Å²) in [5.41, 5.74) is 0.356. The van der Waals surface area contributed by atoms with E-state index in [1.165, 1.54) is 26.2 Å². The molecule has 0 aromatic heterocycles. The highest BCUT2D eigenvalue weighted by Crippen LogP contribution is 1.95. The lowest BCUT2D eigenvalue weighted by atomic mass is 10.3. The molecule has 0 spiro atoms. The molecule has 0 saturated heterocycles. The second-order valence-electron chi connectivity index (χ2n) is 2.04. The number of ether oxygens (including phenoxy) is 1. The Labute approximate surface area is 70.1 Å². The van der Waals surface area contributed by atoms with Crippen molar-refractivity contribution in [2.75, 3.05) is 7.11 Å². The van der Waals surface area contributed by atoms with Crippen LogP contribution in [0.2, 0.25) is 0 Å². The third-order valence-electron chi connectivity index (χ3n) is 1.09. The third-order valence-corrected chi connectivity index (χ3v) is 1.09. The highest BCUT2D eigenvalue weighted by atomic mass is 16.5. The van der Waals surface area contributed by atoms with Crippen LogP contribution in [0.3, 0.4) is 0 Å². The first-order chi connectivity index (χ1) is 5.57. The van der Waals surface area contributed by atoms with Gasteiger partial charge in [0.05, 0.1) is 7.11 Å². The Hall–Kier alpha value is -1.58. The van der Waals surface area contributed by atoms with Crippen molar-refractivity contribution in [3.63, 3.8) is 0 Å². The summed E-state index contributed by atoms with van der Waals surface area (Å²) in [5, 5.41) is 8.19. The summed E-state index contributed by atoms with van der Waals surface area (Å²) in [6.45, 7) is 1.54. The molecule has 12 heavy (non-hydrogen) atoms. The van der Waals surface area contributed by atoms with E-state index in [1.54, 1.807) is 0 Å². The van der Waals surface area contributed by atoms with Gasteiger partial charge in [-0.1, -0.05) is 12.2 Å². The van der Waals surface area contributed by atoms with Crippen LogP contribution in [0.4, 0.5) is 0 Å². The van der Waals surface area contributed by atoms with Crippen LogP contribution in [0, 0.1) is 0 Å². The molecule has 0 rings (SSSR count). The lowest BCUT2D eigenvalue weighted by Gasteiger charge is -1.94. The fourth-order valence-corrected chi connectivity index (χ4v) is 0.504. The third kappa shape index (κ3) is 4.27. The monoisotopic (exact) mass is 170 g/mol. The number of esters is 1. The fourth-order valence-electron chi connectivity index (χ4n) is 0.504. The second-order valence-corrected chi connectivity index (χ2v) is 2.04. The number of hydrogen-bond donors (Lipinski definition) is 1. The van der Waals surface area contributed by atoms with Gasteiger partial charge in [0.15, 0.2) is 0 Å². The van der Waals surface area contributed by atoms with Crippen LogP contribution >= 0.6 is 0 Å². The lowest BCUT2D eigenvalue weighted by molar-refractivity contribution is -0.136. The van der Waals surface area contributed by atoms with E-state index in [-0.39, 0.29) is 0 Å². The van der Waals surface area contributed by atoms with E-state index in [4.69, 9.17) is 5.11 Å². The number of carbonyl (C=O) groups excluding carboxylic acids is 1. The Bertz CT molecular complexity index is 237. The number of methoxy groups -OCH3 is 1. The topological polar surface area (TPSA) is 63.6 Å². The maximum absolute atomic E-state index is 10.7. The highest BCUT2D eigenvalue weighted by molar-refractivity contribution is 5.88. The number of carbonyl (C=O) groups is 2. The van der Waals surface area contributed by atoms with Crippen molar-refractivity contribution in [3.8, 4) is 0 Å². The van der Waals surface area contributed by atoms with E-state index in [1.807, 2.05) is 0 Å².